The molecule has 2 heteroatoms. The van der Waals surface area contributed by atoms with Crippen LogP contribution in [0.25, 0.3) is 0 Å². The van der Waals surface area contributed by atoms with E-state index in [9.17, 15) is 0 Å². The number of benzene rings is 1. The van der Waals surface area contributed by atoms with E-state index in [1.807, 2.05) is 12.1 Å². The van der Waals surface area contributed by atoms with E-state index in [4.69, 9.17) is 17.3 Å². The van der Waals surface area contributed by atoms with Gasteiger partial charge in [0.25, 0.3) is 0 Å². The van der Waals surface area contributed by atoms with Crippen molar-refractivity contribution in [2.75, 3.05) is 0 Å². The van der Waals surface area contributed by atoms with Gasteiger partial charge in [0.1, 0.15) is 0 Å². The fourth-order valence-electron chi connectivity index (χ4n) is 1.74. The predicted octanol–water partition coefficient (Wildman–Crippen LogP) is 3.69. The maximum absolute atomic E-state index is 6.13. The molecule has 0 aliphatic rings. The summed E-state index contributed by atoms with van der Waals surface area (Å²) in [5.74, 6) is 0.598. The number of rotatable bonds is 3. The van der Waals surface area contributed by atoms with Gasteiger partial charge in [0, 0.05) is 11.1 Å². The van der Waals surface area contributed by atoms with Crippen LogP contribution in [0.3, 0.4) is 0 Å². The molecule has 1 nitrogen and oxygen atoms in total. The molecule has 1 aromatic rings. The number of nitrogens with two attached hydrogens (primary N) is 1. The monoisotopic (exact) mass is 211 g/mol. The third kappa shape index (κ3) is 2.73. The summed E-state index contributed by atoms with van der Waals surface area (Å²) in [6.45, 7) is 6.40. The van der Waals surface area contributed by atoms with Crippen molar-refractivity contribution >= 4 is 11.6 Å². The Hall–Kier alpha value is -0.530. The molecule has 0 bridgehead atoms. The molecule has 78 valence electrons. The minimum absolute atomic E-state index is 0.0590. The van der Waals surface area contributed by atoms with E-state index >= 15 is 0 Å². The zero-order chi connectivity index (χ0) is 10.7. The summed E-state index contributed by atoms with van der Waals surface area (Å²) >= 11 is 6.13. The Kier molecular flexibility index (Phi) is 3.97. The van der Waals surface area contributed by atoms with Crippen LogP contribution in [0.5, 0.6) is 0 Å². The van der Waals surface area contributed by atoms with Gasteiger partial charge in [0.15, 0.2) is 0 Å². The van der Waals surface area contributed by atoms with Crippen LogP contribution in [-0.2, 0) is 0 Å². The molecule has 0 aliphatic carbocycles. The van der Waals surface area contributed by atoms with Crippen LogP contribution in [0.2, 0.25) is 5.02 Å². The van der Waals surface area contributed by atoms with E-state index in [-0.39, 0.29) is 6.04 Å². The first-order valence-electron chi connectivity index (χ1n) is 5.03. The predicted molar refractivity (Wildman–Crippen MR) is 62.6 cm³/mol. The summed E-state index contributed by atoms with van der Waals surface area (Å²) in [4.78, 5) is 0. The minimum Gasteiger partial charge on any atom is -0.324 e. The van der Waals surface area contributed by atoms with E-state index in [1.54, 1.807) is 0 Å². The topological polar surface area (TPSA) is 26.0 Å². The van der Waals surface area contributed by atoms with Gasteiger partial charge in [-0.15, -0.1) is 0 Å². The fraction of sp³-hybridized carbons (Fsp3) is 0.500. The van der Waals surface area contributed by atoms with Crippen molar-refractivity contribution in [2.45, 2.75) is 33.2 Å². The van der Waals surface area contributed by atoms with Crippen LogP contribution < -0.4 is 5.73 Å². The van der Waals surface area contributed by atoms with Gasteiger partial charge in [0.2, 0.25) is 0 Å². The molecular weight excluding hydrogens is 194 g/mol. The van der Waals surface area contributed by atoms with Crippen LogP contribution in [0.4, 0.5) is 0 Å². The van der Waals surface area contributed by atoms with Crippen molar-refractivity contribution in [1.29, 1.82) is 0 Å². The highest BCUT2D eigenvalue weighted by Gasteiger charge is 2.13. The number of aryl methyl sites for hydroxylation is 1. The second kappa shape index (κ2) is 4.81. The summed E-state index contributed by atoms with van der Waals surface area (Å²) in [5, 5.41) is 0.790. The fourth-order valence-corrected chi connectivity index (χ4v) is 2.10. The molecule has 0 unspecified atom stereocenters. The van der Waals surface area contributed by atoms with Gasteiger partial charge >= 0.3 is 0 Å². The molecule has 0 saturated heterocycles. The largest absolute Gasteiger partial charge is 0.324 e. The van der Waals surface area contributed by atoms with E-state index in [0.717, 1.165) is 17.0 Å². The Balaban J connectivity index is 2.94. The van der Waals surface area contributed by atoms with E-state index in [2.05, 4.69) is 26.8 Å². The highest BCUT2D eigenvalue weighted by molar-refractivity contribution is 6.31. The molecule has 2 N–H and O–H groups in total. The van der Waals surface area contributed by atoms with Crippen LogP contribution in [0, 0.1) is 12.8 Å². The maximum Gasteiger partial charge on any atom is 0.0456 e. The summed E-state index contributed by atoms with van der Waals surface area (Å²) in [6, 6.07) is 5.98. The minimum atomic E-state index is 0.0590. The first-order valence-corrected chi connectivity index (χ1v) is 5.40. The molecule has 0 fully saturated rings. The Morgan fingerprint density at radius 2 is 2.00 bits per heavy atom. The third-order valence-electron chi connectivity index (χ3n) is 2.37. The van der Waals surface area contributed by atoms with Crippen molar-refractivity contribution in [2.24, 2.45) is 11.7 Å². The second-order valence-electron chi connectivity index (χ2n) is 4.21. The Labute approximate surface area is 91.3 Å². The lowest BCUT2D eigenvalue weighted by Crippen LogP contribution is -2.14. The molecule has 0 spiro atoms. The second-order valence-corrected chi connectivity index (χ2v) is 4.61. The quantitative estimate of drug-likeness (QED) is 0.811. The highest BCUT2D eigenvalue weighted by atomic mass is 35.5. The summed E-state index contributed by atoms with van der Waals surface area (Å²) in [5.41, 5.74) is 8.40. The van der Waals surface area contributed by atoms with E-state index in [1.165, 1.54) is 5.56 Å². The first kappa shape index (κ1) is 11.5. The average molecular weight is 212 g/mol. The van der Waals surface area contributed by atoms with Gasteiger partial charge in [0.05, 0.1) is 0 Å². The molecule has 1 atom stereocenters. The van der Waals surface area contributed by atoms with Crippen molar-refractivity contribution in [1.82, 2.24) is 0 Å². The highest BCUT2D eigenvalue weighted by Crippen LogP contribution is 2.28. The van der Waals surface area contributed by atoms with Crippen molar-refractivity contribution in [3.8, 4) is 0 Å². The molecule has 0 saturated carbocycles. The molecule has 14 heavy (non-hydrogen) atoms. The Bertz CT molecular complexity index is 287. The standard InChI is InChI=1S/C12H18ClN/c1-8(2)7-11(14)12-9(3)5-4-6-10(12)13/h4-6,8,11H,7,14H2,1-3H3/t11-/m1/s1. The molecular formula is C12H18ClN. The van der Waals surface area contributed by atoms with Gasteiger partial charge in [-0.25, -0.2) is 0 Å². The number of hydrogen-bond acceptors (Lipinski definition) is 1. The molecule has 0 aliphatic heterocycles. The molecule has 0 heterocycles. The van der Waals surface area contributed by atoms with Crippen LogP contribution in [0.15, 0.2) is 18.2 Å². The lowest BCUT2D eigenvalue weighted by molar-refractivity contribution is 0.509. The summed E-state index contributed by atoms with van der Waals surface area (Å²) in [6.07, 6.45) is 0.977. The molecule has 0 radical (unpaired) electrons. The normalized spacial score (nSPS) is 13.3. The zero-order valence-electron chi connectivity index (χ0n) is 9.05. The summed E-state index contributed by atoms with van der Waals surface area (Å²) in [7, 11) is 0. The van der Waals surface area contributed by atoms with Crippen molar-refractivity contribution in [3.05, 3.63) is 34.3 Å². The third-order valence-corrected chi connectivity index (χ3v) is 2.70. The van der Waals surface area contributed by atoms with Crippen LogP contribution in [-0.4, -0.2) is 0 Å². The summed E-state index contributed by atoms with van der Waals surface area (Å²) < 4.78 is 0. The first-order chi connectivity index (χ1) is 6.52. The van der Waals surface area contributed by atoms with E-state index in [0.29, 0.717) is 5.92 Å². The molecule has 1 rings (SSSR count). The van der Waals surface area contributed by atoms with Crippen molar-refractivity contribution < 1.29 is 0 Å². The molecule has 0 aromatic heterocycles. The molecule has 0 amide bonds. The lowest BCUT2D eigenvalue weighted by Gasteiger charge is -2.18. The average Bonchev–Trinajstić information content (AvgIpc) is 2.01. The smallest absolute Gasteiger partial charge is 0.0456 e. The van der Waals surface area contributed by atoms with Crippen LogP contribution in [0.1, 0.15) is 37.4 Å². The number of hydrogen-bond donors (Lipinski definition) is 1. The Morgan fingerprint density at radius 1 is 1.36 bits per heavy atom. The van der Waals surface area contributed by atoms with Crippen molar-refractivity contribution in [3.63, 3.8) is 0 Å². The van der Waals surface area contributed by atoms with Gasteiger partial charge in [-0.1, -0.05) is 37.6 Å². The lowest BCUT2D eigenvalue weighted by atomic mass is 9.95. The Morgan fingerprint density at radius 3 is 2.50 bits per heavy atom. The van der Waals surface area contributed by atoms with Gasteiger partial charge in [-0.2, -0.15) is 0 Å². The van der Waals surface area contributed by atoms with Gasteiger partial charge in [-0.3, -0.25) is 0 Å². The SMILES string of the molecule is Cc1cccc(Cl)c1[C@H](N)CC(C)C. The maximum atomic E-state index is 6.13. The van der Waals surface area contributed by atoms with Gasteiger partial charge < -0.3 is 5.73 Å². The zero-order valence-corrected chi connectivity index (χ0v) is 9.81. The number of halogens is 1. The molecule has 1 aromatic carbocycles. The van der Waals surface area contributed by atoms with Crippen LogP contribution >= 0.6 is 11.6 Å². The van der Waals surface area contributed by atoms with Gasteiger partial charge in [-0.05, 0) is 36.5 Å². The van der Waals surface area contributed by atoms with E-state index < -0.39 is 0 Å².